The third kappa shape index (κ3) is 6.77. The predicted octanol–water partition coefficient (Wildman–Crippen LogP) is 4.77. The first-order chi connectivity index (χ1) is 17.1. The molecule has 2 aromatic carbocycles. The van der Waals surface area contributed by atoms with Crippen LogP contribution in [-0.2, 0) is 16.6 Å². The maximum absolute atomic E-state index is 12.9. The number of carbonyl (C=O) groups is 3. The van der Waals surface area contributed by atoms with Gasteiger partial charge in [0.25, 0.3) is 5.91 Å². The number of rotatable bonds is 9. The Bertz CT molecular complexity index is 1260. The van der Waals surface area contributed by atoms with E-state index >= 15 is 0 Å². The SMILES string of the molecule is COC(=O)c1ccc(NC(=O)CSc2nnc([C@@H](NC(=O)c3ccc(Cl)cc3Cl)C(C)C)n2C)cc1. The Balaban J connectivity index is 1.64. The summed E-state index contributed by atoms with van der Waals surface area (Å²) in [5, 5.41) is 15.4. The molecule has 190 valence electrons. The maximum atomic E-state index is 12.9. The van der Waals surface area contributed by atoms with E-state index in [2.05, 4.69) is 25.6 Å². The average Bonchev–Trinajstić information content (AvgIpc) is 3.20. The third-order valence-corrected chi connectivity index (χ3v) is 6.77. The Hall–Kier alpha value is -3.08. The highest BCUT2D eigenvalue weighted by molar-refractivity contribution is 7.99. The van der Waals surface area contributed by atoms with Crippen molar-refractivity contribution in [3.63, 3.8) is 0 Å². The van der Waals surface area contributed by atoms with E-state index in [1.807, 2.05) is 13.8 Å². The predicted molar refractivity (Wildman–Crippen MR) is 140 cm³/mol. The molecule has 0 bridgehead atoms. The van der Waals surface area contributed by atoms with Crippen LogP contribution in [0.25, 0.3) is 0 Å². The fourth-order valence-electron chi connectivity index (χ4n) is 3.28. The zero-order valence-corrected chi connectivity index (χ0v) is 22.4. The second-order valence-corrected chi connectivity index (χ2v) is 9.91. The lowest BCUT2D eigenvalue weighted by Crippen LogP contribution is -2.33. The van der Waals surface area contributed by atoms with Gasteiger partial charge in [-0.3, -0.25) is 9.59 Å². The van der Waals surface area contributed by atoms with Gasteiger partial charge in [0.2, 0.25) is 5.91 Å². The standard InChI is InChI=1S/C24H25Cl2N5O4S/c1-13(2)20(28-22(33)17-10-7-15(25)11-18(17)26)21-29-30-24(31(21)3)36-12-19(32)27-16-8-5-14(6-9-16)23(34)35-4/h5-11,13,20H,12H2,1-4H3,(H,27,32)(H,28,33)/t20-/m0/s1. The number of benzene rings is 2. The number of carbonyl (C=O) groups excluding carboxylic acids is 3. The highest BCUT2D eigenvalue weighted by Crippen LogP contribution is 2.26. The van der Waals surface area contributed by atoms with Gasteiger partial charge in [-0.25, -0.2) is 4.79 Å². The van der Waals surface area contributed by atoms with Crippen molar-refractivity contribution in [2.24, 2.45) is 13.0 Å². The fourth-order valence-corrected chi connectivity index (χ4v) is 4.49. The lowest BCUT2D eigenvalue weighted by molar-refractivity contribution is -0.113. The van der Waals surface area contributed by atoms with E-state index in [9.17, 15) is 14.4 Å². The molecule has 1 atom stereocenters. The molecule has 36 heavy (non-hydrogen) atoms. The van der Waals surface area contributed by atoms with E-state index in [1.165, 1.54) is 24.9 Å². The summed E-state index contributed by atoms with van der Waals surface area (Å²) in [4.78, 5) is 36.8. The molecule has 1 aromatic heterocycles. The van der Waals surface area contributed by atoms with Crippen molar-refractivity contribution in [2.75, 3.05) is 18.2 Å². The number of thioether (sulfide) groups is 1. The van der Waals surface area contributed by atoms with E-state index in [0.717, 1.165) is 0 Å². The lowest BCUT2D eigenvalue weighted by atomic mass is 10.0. The van der Waals surface area contributed by atoms with Crippen LogP contribution in [0.15, 0.2) is 47.6 Å². The summed E-state index contributed by atoms with van der Waals surface area (Å²) >= 11 is 13.3. The highest BCUT2D eigenvalue weighted by Gasteiger charge is 2.26. The molecule has 2 amide bonds. The van der Waals surface area contributed by atoms with Crippen molar-refractivity contribution in [1.29, 1.82) is 0 Å². The van der Waals surface area contributed by atoms with Gasteiger partial charge in [-0.05, 0) is 48.4 Å². The van der Waals surface area contributed by atoms with Gasteiger partial charge in [-0.15, -0.1) is 10.2 Å². The number of hydrogen-bond acceptors (Lipinski definition) is 7. The number of ether oxygens (including phenoxy) is 1. The summed E-state index contributed by atoms with van der Waals surface area (Å²) in [6, 6.07) is 10.6. The van der Waals surface area contributed by atoms with Gasteiger partial charge < -0.3 is 19.9 Å². The monoisotopic (exact) mass is 549 g/mol. The number of esters is 1. The van der Waals surface area contributed by atoms with Crippen molar-refractivity contribution < 1.29 is 19.1 Å². The molecular weight excluding hydrogens is 525 g/mol. The first kappa shape index (κ1) is 27.5. The maximum Gasteiger partial charge on any atom is 0.337 e. The topological polar surface area (TPSA) is 115 Å². The molecule has 0 aliphatic carbocycles. The molecule has 1 heterocycles. The molecule has 9 nitrogen and oxygen atoms in total. The molecule has 3 aromatic rings. The Labute approximate surface area is 222 Å². The summed E-state index contributed by atoms with van der Waals surface area (Å²) in [6.45, 7) is 3.91. The number of methoxy groups -OCH3 is 1. The number of halogens is 2. The second-order valence-electron chi connectivity index (χ2n) is 8.12. The van der Waals surface area contributed by atoms with Crippen LogP contribution in [0.3, 0.4) is 0 Å². The Morgan fingerprint density at radius 2 is 1.78 bits per heavy atom. The Morgan fingerprint density at radius 3 is 2.39 bits per heavy atom. The summed E-state index contributed by atoms with van der Waals surface area (Å²) in [5.74, 6) is -0.425. The van der Waals surface area contributed by atoms with Crippen molar-refractivity contribution in [2.45, 2.75) is 25.0 Å². The fraction of sp³-hybridized carbons (Fsp3) is 0.292. The van der Waals surface area contributed by atoms with Crippen LogP contribution in [0.4, 0.5) is 5.69 Å². The van der Waals surface area contributed by atoms with Crippen molar-refractivity contribution in [3.8, 4) is 0 Å². The third-order valence-electron chi connectivity index (χ3n) is 5.20. The number of hydrogen-bond donors (Lipinski definition) is 2. The number of nitrogens with zero attached hydrogens (tertiary/aromatic N) is 3. The van der Waals surface area contributed by atoms with Gasteiger partial charge >= 0.3 is 5.97 Å². The van der Waals surface area contributed by atoms with E-state index in [4.69, 9.17) is 23.2 Å². The van der Waals surface area contributed by atoms with Gasteiger partial charge in [0.1, 0.15) is 0 Å². The normalized spacial score (nSPS) is 11.8. The molecule has 12 heteroatoms. The molecule has 0 fully saturated rings. The quantitative estimate of drug-likeness (QED) is 0.292. The van der Waals surface area contributed by atoms with Crippen LogP contribution in [0.2, 0.25) is 10.0 Å². The van der Waals surface area contributed by atoms with E-state index in [0.29, 0.717) is 32.8 Å². The lowest BCUT2D eigenvalue weighted by Gasteiger charge is -2.22. The van der Waals surface area contributed by atoms with Gasteiger partial charge in [-0.1, -0.05) is 48.8 Å². The molecular formula is C24H25Cl2N5O4S. The molecule has 0 aliphatic rings. The van der Waals surface area contributed by atoms with Gasteiger partial charge in [-0.2, -0.15) is 0 Å². The highest BCUT2D eigenvalue weighted by atomic mass is 35.5. The van der Waals surface area contributed by atoms with Gasteiger partial charge in [0.05, 0.1) is 35.1 Å². The molecule has 0 saturated carbocycles. The Morgan fingerprint density at radius 1 is 1.08 bits per heavy atom. The van der Waals surface area contributed by atoms with Crippen LogP contribution in [0.5, 0.6) is 0 Å². The van der Waals surface area contributed by atoms with Crippen LogP contribution >= 0.6 is 35.0 Å². The summed E-state index contributed by atoms with van der Waals surface area (Å²) in [5.41, 5.74) is 1.25. The number of nitrogens with one attached hydrogen (secondary N) is 2. The van der Waals surface area contributed by atoms with Crippen LogP contribution in [0.1, 0.15) is 46.4 Å². The van der Waals surface area contributed by atoms with Crippen LogP contribution in [-0.4, -0.2) is 45.4 Å². The molecule has 0 spiro atoms. The minimum atomic E-state index is -0.450. The number of amides is 2. The first-order valence-corrected chi connectivity index (χ1v) is 12.6. The molecule has 3 rings (SSSR count). The molecule has 0 saturated heterocycles. The van der Waals surface area contributed by atoms with Gasteiger partial charge in [0, 0.05) is 17.8 Å². The summed E-state index contributed by atoms with van der Waals surface area (Å²) < 4.78 is 6.41. The Kier molecular flexibility index (Phi) is 9.36. The van der Waals surface area contributed by atoms with Crippen molar-refractivity contribution >= 4 is 58.4 Å². The molecule has 0 unspecified atom stereocenters. The number of aromatic nitrogens is 3. The van der Waals surface area contributed by atoms with E-state index in [1.54, 1.807) is 48.0 Å². The largest absolute Gasteiger partial charge is 0.465 e. The van der Waals surface area contributed by atoms with E-state index < -0.39 is 12.0 Å². The zero-order chi connectivity index (χ0) is 26.4. The smallest absolute Gasteiger partial charge is 0.337 e. The van der Waals surface area contributed by atoms with E-state index in [-0.39, 0.29) is 28.5 Å². The van der Waals surface area contributed by atoms with Crippen LogP contribution in [0, 0.1) is 5.92 Å². The minimum absolute atomic E-state index is 0.00274. The van der Waals surface area contributed by atoms with Crippen molar-refractivity contribution in [1.82, 2.24) is 20.1 Å². The average molecular weight is 550 g/mol. The zero-order valence-electron chi connectivity index (χ0n) is 20.0. The first-order valence-electron chi connectivity index (χ1n) is 10.9. The summed E-state index contributed by atoms with van der Waals surface area (Å²) in [6.07, 6.45) is 0. The number of anilines is 1. The molecule has 0 aliphatic heterocycles. The summed E-state index contributed by atoms with van der Waals surface area (Å²) in [7, 11) is 3.08. The second kappa shape index (κ2) is 12.2. The van der Waals surface area contributed by atoms with Gasteiger partial charge in [0.15, 0.2) is 11.0 Å². The molecule has 2 N–H and O–H groups in total. The van der Waals surface area contributed by atoms with Crippen LogP contribution < -0.4 is 10.6 Å². The molecule has 0 radical (unpaired) electrons. The minimum Gasteiger partial charge on any atom is -0.465 e. The van der Waals surface area contributed by atoms with Crippen molar-refractivity contribution in [3.05, 3.63) is 69.5 Å².